The quantitative estimate of drug-likeness (QED) is 0.646. The molecule has 0 radical (unpaired) electrons. The van der Waals surface area contributed by atoms with Crippen molar-refractivity contribution in [1.82, 2.24) is 0 Å². The maximum Gasteiger partial charge on any atom is 0.416 e. The lowest BCUT2D eigenvalue weighted by atomic mass is 10.1. The van der Waals surface area contributed by atoms with Crippen molar-refractivity contribution in [2.24, 2.45) is 5.73 Å². The van der Waals surface area contributed by atoms with Gasteiger partial charge in [0.2, 0.25) is 9.84 Å². The van der Waals surface area contributed by atoms with Gasteiger partial charge in [0.15, 0.2) is 0 Å². The van der Waals surface area contributed by atoms with Gasteiger partial charge in [-0.2, -0.15) is 13.2 Å². The third kappa shape index (κ3) is 4.95. The van der Waals surface area contributed by atoms with Crippen LogP contribution in [0.4, 0.5) is 18.2 Å². The summed E-state index contributed by atoms with van der Waals surface area (Å²) >= 11 is 0.440. The summed E-state index contributed by atoms with van der Waals surface area (Å²) < 4.78 is 64.4. The van der Waals surface area contributed by atoms with Crippen molar-refractivity contribution in [3.63, 3.8) is 0 Å². The minimum atomic E-state index is -4.75. The third-order valence-electron chi connectivity index (χ3n) is 3.71. The number of carbonyl (C=O) groups excluding carboxylic acids is 2. The summed E-state index contributed by atoms with van der Waals surface area (Å²) in [6.45, 7) is 3.65. The summed E-state index contributed by atoms with van der Waals surface area (Å²) in [4.78, 5) is 23.0. The molecule has 2 rings (SSSR count). The minimum Gasteiger partial charge on any atom is -0.381 e. The second-order valence-electron chi connectivity index (χ2n) is 6.72. The number of aryl methyl sites for hydroxylation is 1. The molecule has 2 aromatic rings. The van der Waals surface area contributed by atoms with E-state index in [4.69, 9.17) is 5.73 Å². The number of nitrogens with one attached hydrogen (secondary N) is 1. The van der Waals surface area contributed by atoms with Crippen LogP contribution in [-0.4, -0.2) is 30.9 Å². The SMILES string of the molecule is Cc1cc(C(F)(F)F)cc(S(=O)(=O)c2cc(C(N)=O)c(NC(=O)C(C)(C)O)s2)c1. The second kappa shape index (κ2) is 7.43. The number of hydrogen-bond acceptors (Lipinski definition) is 6. The molecule has 1 heterocycles. The van der Waals surface area contributed by atoms with Gasteiger partial charge < -0.3 is 16.2 Å². The van der Waals surface area contributed by atoms with Gasteiger partial charge in [-0.05, 0) is 50.6 Å². The van der Waals surface area contributed by atoms with E-state index in [1.165, 1.54) is 20.8 Å². The number of amides is 2. The summed E-state index contributed by atoms with van der Waals surface area (Å²) in [5.74, 6) is -1.99. The Morgan fingerprint density at radius 1 is 1.14 bits per heavy atom. The first-order valence-corrected chi connectivity index (χ1v) is 10.2. The molecule has 0 saturated heterocycles. The Morgan fingerprint density at radius 2 is 1.72 bits per heavy atom. The Hall–Kier alpha value is -2.44. The predicted molar refractivity (Wildman–Crippen MR) is 99.4 cm³/mol. The number of rotatable bonds is 5. The number of carbonyl (C=O) groups is 2. The highest BCUT2D eigenvalue weighted by Crippen LogP contribution is 2.37. The number of primary amides is 1. The molecule has 0 atom stereocenters. The normalized spacial score (nSPS) is 12.7. The predicted octanol–water partition coefficient (Wildman–Crippen LogP) is 2.72. The highest BCUT2D eigenvalue weighted by molar-refractivity contribution is 7.93. The molecule has 4 N–H and O–H groups in total. The zero-order chi connectivity index (χ0) is 22.4. The molecule has 29 heavy (non-hydrogen) atoms. The Balaban J connectivity index is 2.60. The fraction of sp³-hybridized carbons (Fsp3) is 0.294. The van der Waals surface area contributed by atoms with Gasteiger partial charge >= 0.3 is 6.18 Å². The summed E-state index contributed by atoms with van der Waals surface area (Å²) in [5, 5.41) is 11.7. The van der Waals surface area contributed by atoms with Crippen LogP contribution in [0.25, 0.3) is 0 Å². The van der Waals surface area contributed by atoms with E-state index in [1.807, 2.05) is 0 Å². The Morgan fingerprint density at radius 3 is 2.21 bits per heavy atom. The molecule has 7 nitrogen and oxygen atoms in total. The van der Waals surface area contributed by atoms with Crippen LogP contribution in [0.5, 0.6) is 0 Å². The van der Waals surface area contributed by atoms with Gasteiger partial charge in [0, 0.05) is 0 Å². The topological polar surface area (TPSA) is 127 Å². The van der Waals surface area contributed by atoms with Gasteiger partial charge in [-0.1, -0.05) is 0 Å². The molecule has 0 saturated carbocycles. The Bertz CT molecular complexity index is 1080. The van der Waals surface area contributed by atoms with Crippen LogP contribution in [0.2, 0.25) is 0 Å². The fourth-order valence-corrected chi connectivity index (χ4v) is 5.11. The highest BCUT2D eigenvalue weighted by atomic mass is 32.2. The van der Waals surface area contributed by atoms with Crippen LogP contribution in [-0.2, 0) is 20.8 Å². The number of halogens is 3. The van der Waals surface area contributed by atoms with Gasteiger partial charge in [0.25, 0.3) is 11.8 Å². The molecular weight excluding hydrogens is 433 g/mol. The van der Waals surface area contributed by atoms with E-state index in [-0.39, 0.29) is 16.1 Å². The van der Waals surface area contributed by atoms with E-state index in [9.17, 15) is 36.3 Å². The zero-order valence-electron chi connectivity index (χ0n) is 15.4. The van der Waals surface area contributed by atoms with Gasteiger partial charge in [-0.3, -0.25) is 9.59 Å². The number of alkyl halides is 3. The van der Waals surface area contributed by atoms with Crippen LogP contribution < -0.4 is 11.1 Å². The van der Waals surface area contributed by atoms with Crippen LogP contribution in [0.3, 0.4) is 0 Å². The lowest BCUT2D eigenvalue weighted by molar-refractivity contribution is -0.137. The van der Waals surface area contributed by atoms with E-state index in [0.717, 1.165) is 18.2 Å². The number of anilines is 1. The number of nitrogens with two attached hydrogens (primary N) is 1. The molecular formula is C17H17F3N2O5S2. The lowest BCUT2D eigenvalue weighted by Gasteiger charge is -2.16. The van der Waals surface area contributed by atoms with Gasteiger partial charge in [0.1, 0.15) is 14.8 Å². The van der Waals surface area contributed by atoms with E-state index >= 15 is 0 Å². The second-order valence-corrected chi connectivity index (χ2v) is 9.95. The van der Waals surface area contributed by atoms with E-state index in [0.29, 0.717) is 17.4 Å². The standard InChI is InChI=1S/C17H17F3N2O5S2/c1-8-4-9(17(18,19)20)6-10(5-8)29(26,27)12-7-11(13(21)23)14(28-12)22-15(24)16(2,3)25/h4-7,25H,1-3H3,(H2,21,23)(H,22,24). The lowest BCUT2D eigenvalue weighted by Crippen LogP contribution is -2.36. The highest BCUT2D eigenvalue weighted by Gasteiger charge is 2.34. The molecule has 1 aromatic heterocycles. The molecule has 0 spiro atoms. The van der Waals surface area contributed by atoms with Crippen molar-refractivity contribution in [1.29, 1.82) is 0 Å². The Kier molecular flexibility index (Phi) is 5.85. The van der Waals surface area contributed by atoms with Gasteiger partial charge in [-0.15, -0.1) is 11.3 Å². The molecule has 2 amide bonds. The minimum absolute atomic E-state index is 0.0700. The van der Waals surface area contributed by atoms with Gasteiger partial charge in [0.05, 0.1) is 16.0 Å². The van der Waals surface area contributed by atoms with Crippen molar-refractivity contribution in [3.05, 3.63) is 41.0 Å². The molecule has 158 valence electrons. The first kappa shape index (κ1) is 22.8. The Labute approximate surface area is 168 Å². The number of thiophene rings is 1. The molecule has 12 heteroatoms. The number of sulfone groups is 1. The molecule has 0 unspecified atom stereocenters. The van der Waals surface area contributed by atoms with Gasteiger partial charge in [-0.25, -0.2) is 8.42 Å². The monoisotopic (exact) mass is 450 g/mol. The van der Waals surface area contributed by atoms with Crippen molar-refractivity contribution >= 4 is 38.0 Å². The van der Waals surface area contributed by atoms with Crippen LogP contribution in [0.1, 0.15) is 35.3 Å². The summed E-state index contributed by atoms with van der Waals surface area (Å²) in [5.41, 5.74) is 1.95. The third-order valence-corrected chi connectivity index (χ3v) is 6.97. The van der Waals surface area contributed by atoms with Crippen molar-refractivity contribution in [2.75, 3.05) is 5.32 Å². The van der Waals surface area contributed by atoms with Crippen molar-refractivity contribution in [2.45, 2.75) is 41.7 Å². The zero-order valence-corrected chi connectivity index (χ0v) is 17.1. The molecule has 0 aliphatic heterocycles. The maximum atomic E-state index is 13.0. The maximum absolute atomic E-state index is 13.0. The average Bonchev–Trinajstić information content (AvgIpc) is 2.97. The van der Waals surface area contributed by atoms with E-state index in [1.54, 1.807) is 0 Å². The average molecular weight is 450 g/mol. The van der Waals surface area contributed by atoms with E-state index in [2.05, 4.69) is 5.32 Å². The smallest absolute Gasteiger partial charge is 0.381 e. The molecule has 0 bridgehead atoms. The molecule has 0 fully saturated rings. The van der Waals surface area contributed by atoms with E-state index < -0.39 is 48.1 Å². The summed E-state index contributed by atoms with van der Waals surface area (Å²) in [6, 6.07) is 3.22. The van der Waals surface area contributed by atoms with Crippen LogP contribution in [0.15, 0.2) is 33.4 Å². The molecule has 0 aliphatic rings. The number of benzene rings is 1. The van der Waals surface area contributed by atoms with Crippen LogP contribution in [0, 0.1) is 6.92 Å². The first-order valence-electron chi connectivity index (χ1n) is 7.95. The molecule has 1 aromatic carbocycles. The summed E-state index contributed by atoms with van der Waals surface area (Å²) in [7, 11) is -4.45. The fourth-order valence-electron chi connectivity index (χ4n) is 2.22. The number of aliphatic hydroxyl groups is 1. The van der Waals surface area contributed by atoms with Crippen molar-refractivity contribution < 1.29 is 36.3 Å². The summed E-state index contributed by atoms with van der Waals surface area (Å²) in [6.07, 6.45) is -4.75. The largest absolute Gasteiger partial charge is 0.416 e. The molecule has 0 aliphatic carbocycles. The first-order chi connectivity index (χ1) is 13.0. The van der Waals surface area contributed by atoms with Crippen LogP contribution >= 0.6 is 11.3 Å². The van der Waals surface area contributed by atoms with Crippen molar-refractivity contribution in [3.8, 4) is 0 Å². The number of hydrogen-bond donors (Lipinski definition) is 3.